The molecule has 0 saturated carbocycles. The van der Waals surface area contributed by atoms with Gasteiger partial charge in [-0.15, -0.1) is 23.2 Å². The van der Waals surface area contributed by atoms with Crippen LogP contribution in [0.15, 0.2) is 53.5 Å². The van der Waals surface area contributed by atoms with Crippen LogP contribution in [-0.2, 0) is 5.88 Å². The molecular formula is C17H16Cl2N2. The number of anilines is 1. The Morgan fingerprint density at radius 1 is 1.10 bits per heavy atom. The van der Waals surface area contributed by atoms with Crippen molar-refractivity contribution in [3.05, 3.63) is 65.2 Å². The fraction of sp³-hybridized carbons (Fsp3) is 0.235. The van der Waals surface area contributed by atoms with Crippen LogP contribution in [0.2, 0.25) is 0 Å². The van der Waals surface area contributed by atoms with E-state index in [1.807, 2.05) is 24.3 Å². The number of halogens is 2. The summed E-state index contributed by atoms with van der Waals surface area (Å²) in [7, 11) is 0. The van der Waals surface area contributed by atoms with Crippen molar-refractivity contribution >= 4 is 34.6 Å². The minimum atomic E-state index is 0.147. The van der Waals surface area contributed by atoms with Crippen LogP contribution in [0.25, 0.3) is 0 Å². The topological polar surface area (TPSA) is 24.4 Å². The largest absolute Gasteiger partial charge is 0.379 e. The zero-order chi connectivity index (χ0) is 14.7. The van der Waals surface area contributed by atoms with E-state index in [2.05, 4.69) is 29.6 Å². The van der Waals surface area contributed by atoms with Gasteiger partial charge in [0.05, 0.1) is 18.3 Å². The molecule has 1 heterocycles. The van der Waals surface area contributed by atoms with E-state index in [-0.39, 0.29) is 6.04 Å². The Balaban J connectivity index is 2.13. The van der Waals surface area contributed by atoms with E-state index < -0.39 is 0 Å². The summed E-state index contributed by atoms with van der Waals surface area (Å²) in [6, 6.07) is 16.6. The number of fused-ring (bicyclic) bond motifs is 1. The molecule has 0 aromatic heterocycles. The van der Waals surface area contributed by atoms with Gasteiger partial charge in [-0.05, 0) is 17.7 Å². The Morgan fingerprint density at radius 3 is 2.62 bits per heavy atom. The molecule has 0 spiro atoms. The van der Waals surface area contributed by atoms with Crippen molar-refractivity contribution in [1.82, 2.24) is 0 Å². The van der Waals surface area contributed by atoms with Crippen molar-refractivity contribution in [3.8, 4) is 0 Å². The third kappa shape index (κ3) is 3.07. The minimum Gasteiger partial charge on any atom is -0.379 e. The van der Waals surface area contributed by atoms with E-state index in [1.165, 1.54) is 0 Å². The van der Waals surface area contributed by atoms with Gasteiger partial charge in [-0.25, -0.2) is 0 Å². The summed E-state index contributed by atoms with van der Waals surface area (Å²) in [6.45, 7) is 0.665. The first kappa shape index (κ1) is 14.4. The van der Waals surface area contributed by atoms with Crippen LogP contribution in [0.4, 0.5) is 5.69 Å². The molecule has 2 aromatic rings. The number of rotatable bonds is 3. The van der Waals surface area contributed by atoms with Crippen molar-refractivity contribution in [2.24, 2.45) is 4.99 Å². The number of nitrogens with zero attached hydrogens (tertiary/aromatic N) is 1. The number of aliphatic imine (C=N–C) groups is 1. The highest BCUT2D eigenvalue weighted by molar-refractivity contribution is 6.19. The molecule has 2 aromatic carbocycles. The molecule has 21 heavy (non-hydrogen) atoms. The summed E-state index contributed by atoms with van der Waals surface area (Å²) >= 11 is 12.0. The second-order valence-electron chi connectivity index (χ2n) is 5.06. The lowest BCUT2D eigenvalue weighted by molar-refractivity contribution is 0.818. The highest BCUT2D eigenvalue weighted by Gasteiger charge is 2.19. The number of nitrogens with one attached hydrogen (secondary N) is 1. The second-order valence-corrected chi connectivity index (χ2v) is 5.64. The van der Waals surface area contributed by atoms with Crippen LogP contribution in [0.5, 0.6) is 0 Å². The van der Waals surface area contributed by atoms with Crippen LogP contribution in [0, 0.1) is 0 Å². The van der Waals surface area contributed by atoms with Crippen LogP contribution in [0.3, 0.4) is 0 Å². The van der Waals surface area contributed by atoms with Gasteiger partial charge in [0.25, 0.3) is 0 Å². The molecule has 1 aliphatic rings. The molecule has 1 unspecified atom stereocenters. The quantitative estimate of drug-likeness (QED) is 0.838. The number of alkyl halides is 2. The van der Waals surface area contributed by atoms with Gasteiger partial charge in [0.15, 0.2) is 0 Å². The van der Waals surface area contributed by atoms with Gasteiger partial charge in [-0.2, -0.15) is 0 Å². The summed E-state index contributed by atoms with van der Waals surface area (Å²) in [5.74, 6) is 1.02. The first-order valence-electron chi connectivity index (χ1n) is 6.93. The summed E-state index contributed by atoms with van der Waals surface area (Å²) < 4.78 is 0. The lowest BCUT2D eigenvalue weighted by Crippen LogP contribution is -2.23. The zero-order valence-corrected chi connectivity index (χ0v) is 13.0. The first-order valence-corrected chi connectivity index (χ1v) is 8.00. The highest BCUT2D eigenvalue weighted by Crippen LogP contribution is 2.26. The van der Waals surface area contributed by atoms with E-state index >= 15 is 0 Å². The SMILES string of the molecule is ClCc1ccc2c(c1)C(c1ccccc1)=NCC(CCl)N2. The predicted octanol–water partition coefficient (Wildman–Crippen LogP) is 4.30. The molecule has 0 bridgehead atoms. The Morgan fingerprint density at radius 2 is 1.90 bits per heavy atom. The molecule has 0 saturated heterocycles. The average Bonchev–Trinajstić information content (AvgIpc) is 2.74. The molecule has 0 amide bonds. The van der Waals surface area contributed by atoms with Gasteiger partial charge in [0.2, 0.25) is 0 Å². The standard InChI is InChI=1S/C17H16Cl2N2/c18-9-12-6-7-16-15(8-12)17(13-4-2-1-3-5-13)20-11-14(10-19)21-16/h1-8,14,21H,9-11H2. The van der Waals surface area contributed by atoms with Crippen LogP contribution >= 0.6 is 23.2 Å². The van der Waals surface area contributed by atoms with Crippen LogP contribution in [-0.4, -0.2) is 24.2 Å². The summed E-state index contributed by atoms with van der Waals surface area (Å²) in [4.78, 5) is 4.79. The van der Waals surface area contributed by atoms with E-state index in [0.717, 1.165) is 28.1 Å². The highest BCUT2D eigenvalue weighted by atomic mass is 35.5. The van der Waals surface area contributed by atoms with Gasteiger partial charge < -0.3 is 5.32 Å². The predicted molar refractivity (Wildman–Crippen MR) is 91.1 cm³/mol. The van der Waals surface area contributed by atoms with Gasteiger partial charge >= 0.3 is 0 Å². The number of benzene rings is 2. The van der Waals surface area contributed by atoms with E-state index in [4.69, 9.17) is 28.2 Å². The monoisotopic (exact) mass is 318 g/mol. The van der Waals surface area contributed by atoms with Crippen molar-refractivity contribution < 1.29 is 0 Å². The van der Waals surface area contributed by atoms with Gasteiger partial charge in [-0.1, -0.05) is 36.4 Å². The Bertz CT molecular complexity index is 653. The molecule has 0 aliphatic carbocycles. The van der Waals surface area contributed by atoms with Crippen molar-refractivity contribution in [2.75, 3.05) is 17.7 Å². The molecule has 2 nitrogen and oxygen atoms in total. The van der Waals surface area contributed by atoms with E-state index in [9.17, 15) is 0 Å². The maximum absolute atomic E-state index is 6.02. The molecule has 0 radical (unpaired) electrons. The molecule has 3 rings (SSSR count). The number of hydrogen-bond donors (Lipinski definition) is 1. The molecule has 1 aliphatic heterocycles. The fourth-order valence-electron chi connectivity index (χ4n) is 2.48. The summed E-state index contributed by atoms with van der Waals surface area (Å²) in [6.07, 6.45) is 0. The van der Waals surface area contributed by atoms with E-state index in [0.29, 0.717) is 18.3 Å². The molecule has 1 N–H and O–H groups in total. The Labute approximate surface area is 134 Å². The van der Waals surface area contributed by atoms with Crippen molar-refractivity contribution in [1.29, 1.82) is 0 Å². The van der Waals surface area contributed by atoms with Crippen molar-refractivity contribution in [3.63, 3.8) is 0 Å². The molecule has 1 atom stereocenters. The second kappa shape index (κ2) is 6.50. The lowest BCUT2D eigenvalue weighted by Gasteiger charge is -2.15. The fourth-order valence-corrected chi connectivity index (χ4v) is 2.82. The minimum absolute atomic E-state index is 0.147. The van der Waals surface area contributed by atoms with Gasteiger partial charge in [0, 0.05) is 28.6 Å². The normalized spacial score (nSPS) is 17.4. The Hall–Kier alpha value is -1.51. The molecular weight excluding hydrogens is 303 g/mol. The van der Waals surface area contributed by atoms with Gasteiger partial charge in [0.1, 0.15) is 0 Å². The summed E-state index contributed by atoms with van der Waals surface area (Å²) in [5.41, 5.74) is 5.35. The molecule has 4 heteroatoms. The average molecular weight is 319 g/mol. The van der Waals surface area contributed by atoms with Crippen LogP contribution in [0.1, 0.15) is 16.7 Å². The number of benzodiazepines with no additional fused rings is 1. The smallest absolute Gasteiger partial charge is 0.0740 e. The molecule has 0 fully saturated rings. The van der Waals surface area contributed by atoms with Gasteiger partial charge in [-0.3, -0.25) is 4.99 Å². The Kier molecular flexibility index (Phi) is 4.47. The zero-order valence-electron chi connectivity index (χ0n) is 11.5. The van der Waals surface area contributed by atoms with Crippen LogP contribution < -0.4 is 5.32 Å². The maximum Gasteiger partial charge on any atom is 0.0740 e. The number of hydrogen-bond acceptors (Lipinski definition) is 2. The first-order chi connectivity index (χ1) is 10.3. The molecule has 108 valence electrons. The van der Waals surface area contributed by atoms with E-state index in [1.54, 1.807) is 0 Å². The third-order valence-corrected chi connectivity index (χ3v) is 4.24. The summed E-state index contributed by atoms with van der Waals surface area (Å²) in [5, 5.41) is 3.47. The lowest BCUT2D eigenvalue weighted by atomic mass is 9.99. The maximum atomic E-state index is 6.02. The van der Waals surface area contributed by atoms with Crippen molar-refractivity contribution in [2.45, 2.75) is 11.9 Å². The third-order valence-electron chi connectivity index (χ3n) is 3.56.